The number of hydrogen-bond acceptors (Lipinski definition) is 3. The van der Waals surface area contributed by atoms with Gasteiger partial charge in [-0.15, -0.1) is 0 Å². The van der Waals surface area contributed by atoms with Crippen molar-refractivity contribution in [2.24, 2.45) is 5.92 Å². The molecule has 3 heterocycles. The second-order valence-electron chi connectivity index (χ2n) is 11.7. The van der Waals surface area contributed by atoms with E-state index in [0.29, 0.717) is 5.92 Å². The first-order valence-corrected chi connectivity index (χ1v) is 13.1. The normalized spacial score (nSPS) is 12.4. The number of nitrogens with zero attached hydrogens (tertiary/aromatic N) is 1. The van der Waals surface area contributed by atoms with Crippen molar-refractivity contribution in [1.29, 1.82) is 0 Å². The summed E-state index contributed by atoms with van der Waals surface area (Å²) < 4.78 is 12.1. The van der Waals surface area contributed by atoms with E-state index in [1.165, 1.54) is 21.9 Å². The number of benzene rings is 3. The van der Waals surface area contributed by atoms with Crippen molar-refractivity contribution < 1.29 is 8.83 Å². The molecule has 0 aliphatic heterocycles. The predicted octanol–water partition coefficient (Wildman–Crippen LogP) is 9.87. The molecule has 6 aromatic rings. The fourth-order valence-electron chi connectivity index (χ4n) is 5.50. The van der Waals surface area contributed by atoms with Crippen molar-refractivity contribution >= 4 is 32.8 Å². The molecule has 0 unspecified atom stereocenters. The van der Waals surface area contributed by atoms with Gasteiger partial charge in [-0.2, -0.15) is 0 Å². The molecule has 3 aromatic carbocycles. The van der Waals surface area contributed by atoms with Gasteiger partial charge in [0.2, 0.25) is 0 Å². The highest BCUT2D eigenvalue weighted by molar-refractivity contribution is 6.04. The zero-order chi connectivity index (χ0) is 25.9. The summed E-state index contributed by atoms with van der Waals surface area (Å²) in [5.41, 5.74) is 10.5. The number of pyridine rings is 1. The molecule has 0 aliphatic rings. The molecular weight excluding hydrogens is 454 g/mol. The molecule has 3 nitrogen and oxygen atoms in total. The van der Waals surface area contributed by atoms with Crippen molar-refractivity contribution in [2.45, 2.75) is 53.4 Å². The summed E-state index contributed by atoms with van der Waals surface area (Å²) in [5.74, 6) is 0.552. The van der Waals surface area contributed by atoms with Gasteiger partial charge in [-0.05, 0) is 76.4 Å². The summed E-state index contributed by atoms with van der Waals surface area (Å²) >= 11 is 0. The smallest absolute Gasteiger partial charge is 0.160 e. The van der Waals surface area contributed by atoms with Gasteiger partial charge < -0.3 is 8.83 Å². The van der Waals surface area contributed by atoms with E-state index in [1.807, 2.05) is 6.26 Å². The molecule has 0 atom stereocenters. The van der Waals surface area contributed by atoms with Gasteiger partial charge in [0, 0.05) is 22.1 Å². The van der Waals surface area contributed by atoms with Gasteiger partial charge >= 0.3 is 0 Å². The quantitative estimate of drug-likeness (QED) is 0.248. The summed E-state index contributed by atoms with van der Waals surface area (Å²) in [6.45, 7) is 13.4. The van der Waals surface area contributed by atoms with Crippen LogP contribution in [0.4, 0.5) is 0 Å². The third-order valence-electron chi connectivity index (χ3n) is 7.28. The van der Waals surface area contributed by atoms with Gasteiger partial charge in [-0.25, -0.2) is 4.98 Å². The average Bonchev–Trinajstić information content (AvgIpc) is 3.50. The third kappa shape index (κ3) is 4.03. The van der Waals surface area contributed by atoms with E-state index in [4.69, 9.17) is 13.8 Å². The molecule has 0 fully saturated rings. The number of fused-ring (bicyclic) bond motifs is 3. The van der Waals surface area contributed by atoms with E-state index in [-0.39, 0.29) is 5.41 Å². The zero-order valence-electron chi connectivity index (χ0n) is 22.5. The third-order valence-corrected chi connectivity index (χ3v) is 7.28. The summed E-state index contributed by atoms with van der Waals surface area (Å²) in [4.78, 5) is 5.13. The minimum absolute atomic E-state index is 0.00328. The Morgan fingerprint density at radius 1 is 0.838 bits per heavy atom. The molecule has 6 rings (SSSR count). The first-order valence-electron chi connectivity index (χ1n) is 13.1. The fourth-order valence-corrected chi connectivity index (χ4v) is 5.50. The van der Waals surface area contributed by atoms with Crippen molar-refractivity contribution in [3.8, 4) is 22.4 Å². The minimum atomic E-state index is 0.00328. The molecule has 186 valence electrons. The lowest BCUT2D eigenvalue weighted by atomic mass is 9.82. The summed E-state index contributed by atoms with van der Waals surface area (Å²) in [7, 11) is 0. The molecule has 37 heavy (non-hydrogen) atoms. The SMILES string of the molecule is Cc1coc2c(-c3ccc(CC(C)C)c4occc34)cc(-c3cc(C(C)(C)C)c4ccccc4c3)nc12. The molecule has 0 aliphatic carbocycles. The second kappa shape index (κ2) is 8.62. The molecule has 0 bridgehead atoms. The Morgan fingerprint density at radius 2 is 1.65 bits per heavy atom. The van der Waals surface area contributed by atoms with Crippen LogP contribution in [-0.2, 0) is 11.8 Å². The molecule has 0 spiro atoms. The van der Waals surface area contributed by atoms with Crippen molar-refractivity contribution in [1.82, 2.24) is 4.98 Å². The van der Waals surface area contributed by atoms with Gasteiger partial charge in [0.15, 0.2) is 5.58 Å². The Hall–Kier alpha value is -3.85. The average molecular weight is 488 g/mol. The standard InChI is InChI=1S/C34H33NO2/c1-20(2)15-23-11-12-26(27-13-14-36-32(23)27)28-18-30(35-31-21(3)19-37-33(28)31)24-16-22-9-7-8-10-25(22)29(17-24)34(4,5)6/h7-14,16-20H,15H2,1-6H3. The minimum Gasteiger partial charge on any atom is -0.464 e. The summed E-state index contributed by atoms with van der Waals surface area (Å²) in [6, 6.07) is 21.9. The zero-order valence-corrected chi connectivity index (χ0v) is 22.5. The van der Waals surface area contributed by atoms with Gasteiger partial charge in [0.25, 0.3) is 0 Å². The molecule has 0 saturated heterocycles. The number of rotatable bonds is 4. The lowest BCUT2D eigenvalue weighted by molar-refractivity contribution is 0.595. The Labute approximate surface area is 218 Å². The Morgan fingerprint density at radius 3 is 2.43 bits per heavy atom. The maximum absolute atomic E-state index is 6.10. The van der Waals surface area contributed by atoms with Crippen LogP contribution in [-0.4, -0.2) is 4.98 Å². The second-order valence-corrected chi connectivity index (χ2v) is 11.7. The molecule has 0 saturated carbocycles. The summed E-state index contributed by atoms with van der Waals surface area (Å²) in [6.07, 6.45) is 4.59. The molecule has 0 N–H and O–H groups in total. The fraction of sp³-hybridized carbons (Fsp3) is 0.265. The largest absolute Gasteiger partial charge is 0.464 e. The van der Waals surface area contributed by atoms with E-state index in [9.17, 15) is 0 Å². The Bertz CT molecular complexity index is 1780. The maximum Gasteiger partial charge on any atom is 0.160 e. The lowest BCUT2D eigenvalue weighted by Crippen LogP contribution is -2.12. The summed E-state index contributed by atoms with van der Waals surface area (Å²) in [5, 5.41) is 3.63. The Kier molecular flexibility index (Phi) is 5.49. The molecular formula is C34H33NO2. The van der Waals surface area contributed by atoms with Gasteiger partial charge in [-0.1, -0.05) is 71.0 Å². The Balaban J connectivity index is 1.62. The van der Waals surface area contributed by atoms with Gasteiger partial charge in [0.05, 0.1) is 18.2 Å². The van der Waals surface area contributed by atoms with Crippen LogP contribution in [0.15, 0.2) is 82.0 Å². The van der Waals surface area contributed by atoms with E-state index < -0.39 is 0 Å². The van der Waals surface area contributed by atoms with E-state index in [0.717, 1.165) is 56.4 Å². The highest BCUT2D eigenvalue weighted by Crippen LogP contribution is 2.41. The van der Waals surface area contributed by atoms with E-state index >= 15 is 0 Å². The monoisotopic (exact) mass is 487 g/mol. The van der Waals surface area contributed by atoms with Crippen LogP contribution < -0.4 is 0 Å². The number of hydrogen-bond donors (Lipinski definition) is 0. The molecule has 0 amide bonds. The van der Waals surface area contributed by atoms with Crippen LogP contribution in [0.5, 0.6) is 0 Å². The van der Waals surface area contributed by atoms with Crippen LogP contribution in [0.1, 0.15) is 51.3 Å². The number of aryl methyl sites for hydroxylation is 1. The van der Waals surface area contributed by atoms with Crippen LogP contribution >= 0.6 is 0 Å². The van der Waals surface area contributed by atoms with Crippen LogP contribution in [0.25, 0.3) is 55.2 Å². The van der Waals surface area contributed by atoms with Crippen LogP contribution in [0, 0.1) is 12.8 Å². The van der Waals surface area contributed by atoms with Crippen molar-refractivity contribution in [3.05, 3.63) is 89.9 Å². The number of furan rings is 2. The highest BCUT2D eigenvalue weighted by atomic mass is 16.3. The molecule has 3 aromatic heterocycles. The van der Waals surface area contributed by atoms with Crippen LogP contribution in [0.3, 0.4) is 0 Å². The van der Waals surface area contributed by atoms with E-state index in [2.05, 4.69) is 102 Å². The first kappa shape index (κ1) is 23.5. The van der Waals surface area contributed by atoms with E-state index in [1.54, 1.807) is 6.26 Å². The maximum atomic E-state index is 6.10. The predicted molar refractivity (Wildman–Crippen MR) is 154 cm³/mol. The molecule has 0 radical (unpaired) electrons. The van der Waals surface area contributed by atoms with Crippen LogP contribution in [0.2, 0.25) is 0 Å². The lowest BCUT2D eigenvalue weighted by Gasteiger charge is -2.23. The number of aromatic nitrogens is 1. The topological polar surface area (TPSA) is 39.2 Å². The first-order chi connectivity index (χ1) is 17.7. The van der Waals surface area contributed by atoms with Crippen molar-refractivity contribution in [2.75, 3.05) is 0 Å². The van der Waals surface area contributed by atoms with Gasteiger partial charge in [0.1, 0.15) is 11.1 Å². The van der Waals surface area contributed by atoms with Crippen molar-refractivity contribution in [3.63, 3.8) is 0 Å². The van der Waals surface area contributed by atoms with Gasteiger partial charge in [-0.3, -0.25) is 0 Å². The molecule has 3 heteroatoms. The highest BCUT2D eigenvalue weighted by Gasteiger charge is 2.21.